The van der Waals surface area contributed by atoms with Crippen molar-refractivity contribution in [3.8, 4) is 6.07 Å². The molecule has 5 rings (SSSR count). The number of para-hydroxylation sites is 1. The van der Waals surface area contributed by atoms with E-state index in [4.69, 9.17) is 0 Å². The molecule has 0 aliphatic carbocycles. The van der Waals surface area contributed by atoms with E-state index in [0.717, 1.165) is 22.5 Å². The number of hydrogen-bond acceptors (Lipinski definition) is 7. The predicted molar refractivity (Wildman–Crippen MR) is 131 cm³/mol. The molecule has 0 saturated carbocycles. The maximum Gasteiger partial charge on any atom is 0.269 e. The number of aromatic nitrogens is 1. The highest BCUT2D eigenvalue weighted by molar-refractivity contribution is 5.82. The number of benzene rings is 2. The van der Waals surface area contributed by atoms with Gasteiger partial charge in [0, 0.05) is 56.4 Å². The third kappa shape index (κ3) is 4.38. The molecule has 1 N–H and O–H groups in total. The van der Waals surface area contributed by atoms with Crippen molar-refractivity contribution < 1.29 is 9.72 Å². The Labute approximate surface area is 202 Å². The smallest absolute Gasteiger partial charge is 0.269 e. The van der Waals surface area contributed by atoms with Gasteiger partial charge in [-0.3, -0.25) is 19.9 Å². The second-order valence-electron chi connectivity index (χ2n) is 8.80. The van der Waals surface area contributed by atoms with Gasteiger partial charge in [-0.15, -0.1) is 0 Å². The summed E-state index contributed by atoms with van der Waals surface area (Å²) in [5.41, 5.74) is 4.13. The van der Waals surface area contributed by atoms with Gasteiger partial charge in [-0.05, 0) is 41.8 Å². The number of nitrogens with zero attached hydrogens (tertiary/aromatic N) is 5. The van der Waals surface area contributed by atoms with Crippen LogP contribution in [-0.2, 0) is 17.8 Å². The van der Waals surface area contributed by atoms with Crippen LogP contribution >= 0.6 is 0 Å². The molecule has 2 atom stereocenters. The number of nitro benzene ring substituents is 1. The minimum atomic E-state index is -0.404. The predicted octanol–water partition coefficient (Wildman–Crippen LogP) is 3.05. The van der Waals surface area contributed by atoms with Crippen molar-refractivity contribution >= 4 is 23.0 Å². The number of carbonyl (C=O) groups is 1. The SMILES string of the molecule is N#Cc1ccccc1N1CCN2c3ccc([N+](=O)[O-])cc3C[C@H](C(=O)NCc3cccnc3)[C@@H]2C1. The molecule has 1 aromatic heterocycles. The molecule has 1 amide bonds. The van der Waals surface area contributed by atoms with E-state index >= 15 is 0 Å². The van der Waals surface area contributed by atoms with Gasteiger partial charge in [-0.1, -0.05) is 18.2 Å². The molecule has 9 nitrogen and oxygen atoms in total. The minimum absolute atomic E-state index is 0.0262. The minimum Gasteiger partial charge on any atom is -0.367 e. The molecular weight excluding hydrogens is 444 g/mol. The molecule has 0 radical (unpaired) electrons. The number of piperazine rings is 1. The van der Waals surface area contributed by atoms with Gasteiger partial charge in [-0.2, -0.15) is 5.26 Å². The average Bonchev–Trinajstić information content (AvgIpc) is 2.91. The van der Waals surface area contributed by atoms with Gasteiger partial charge in [0.25, 0.3) is 5.69 Å². The molecule has 0 unspecified atom stereocenters. The summed E-state index contributed by atoms with van der Waals surface area (Å²) in [7, 11) is 0. The molecule has 9 heteroatoms. The number of carbonyl (C=O) groups excluding carboxylic acids is 1. The second-order valence-corrected chi connectivity index (χ2v) is 8.80. The Morgan fingerprint density at radius 3 is 2.80 bits per heavy atom. The van der Waals surface area contributed by atoms with Crippen molar-refractivity contribution in [3.63, 3.8) is 0 Å². The first kappa shape index (κ1) is 22.3. The van der Waals surface area contributed by atoms with E-state index in [9.17, 15) is 20.2 Å². The standard InChI is InChI=1S/C26H24N6O3/c27-14-19-5-1-2-6-23(19)30-10-11-31-24-8-7-21(32(34)35)12-20(24)13-22(25(31)17-30)26(33)29-16-18-4-3-9-28-15-18/h1-9,12,15,22,25H,10-11,13,16-17H2,(H,29,33)/t22-,25-/m0/s1. The number of non-ortho nitro benzene ring substituents is 1. The van der Waals surface area contributed by atoms with Crippen molar-refractivity contribution in [1.82, 2.24) is 10.3 Å². The van der Waals surface area contributed by atoms with Crippen LogP contribution in [0.1, 0.15) is 16.7 Å². The average molecular weight is 469 g/mol. The van der Waals surface area contributed by atoms with E-state index in [1.54, 1.807) is 30.6 Å². The van der Waals surface area contributed by atoms with Gasteiger partial charge in [0.15, 0.2) is 0 Å². The zero-order valence-electron chi connectivity index (χ0n) is 19.0. The number of pyridine rings is 1. The lowest BCUT2D eigenvalue weighted by Gasteiger charge is -2.49. The van der Waals surface area contributed by atoms with Crippen molar-refractivity contribution in [1.29, 1.82) is 5.26 Å². The Bertz CT molecular complexity index is 1310. The molecule has 0 bridgehead atoms. The fourth-order valence-corrected chi connectivity index (χ4v) is 5.11. The molecule has 1 fully saturated rings. The number of hydrogen-bond donors (Lipinski definition) is 1. The summed E-state index contributed by atoms with van der Waals surface area (Å²) < 4.78 is 0. The van der Waals surface area contributed by atoms with Crippen LogP contribution in [0.5, 0.6) is 0 Å². The van der Waals surface area contributed by atoms with E-state index in [0.29, 0.717) is 38.2 Å². The lowest BCUT2D eigenvalue weighted by Crippen LogP contribution is -2.61. The largest absolute Gasteiger partial charge is 0.367 e. The number of nitriles is 1. The van der Waals surface area contributed by atoms with Gasteiger partial charge in [-0.25, -0.2) is 0 Å². The van der Waals surface area contributed by atoms with Crippen LogP contribution in [0.15, 0.2) is 67.0 Å². The number of nitro groups is 1. The summed E-state index contributed by atoms with van der Waals surface area (Å²) in [4.78, 5) is 32.9. The van der Waals surface area contributed by atoms with Gasteiger partial charge in [0.1, 0.15) is 6.07 Å². The lowest BCUT2D eigenvalue weighted by molar-refractivity contribution is -0.384. The summed E-state index contributed by atoms with van der Waals surface area (Å²) in [5, 5.41) is 24.0. The first-order valence-corrected chi connectivity index (χ1v) is 11.5. The maximum atomic E-state index is 13.5. The highest BCUT2D eigenvalue weighted by Crippen LogP contribution is 2.39. The number of fused-ring (bicyclic) bond motifs is 3. The Hall–Kier alpha value is -4.45. The first-order chi connectivity index (χ1) is 17.0. The summed E-state index contributed by atoms with van der Waals surface area (Å²) in [6, 6.07) is 18.3. The van der Waals surface area contributed by atoms with Crippen LogP contribution in [-0.4, -0.2) is 41.5 Å². The Kier molecular flexibility index (Phi) is 6.02. The third-order valence-electron chi connectivity index (χ3n) is 6.80. The van der Waals surface area contributed by atoms with Crippen LogP contribution in [0.25, 0.3) is 0 Å². The van der Waals surface area contributed by atoms with Crippen LogP contribution in [0.4, 0.5) is 17.1 Å². The van der Waals surface area contributed by atoms with E-state index < -0.39 is 10.8 Å². The van der Waals surface area contributed by atoms with Crippen LogP contribution in [0, 0.1) is 27.4 Å². The number of rotatable bonds is 5. The van der Waals surface area contributed by atoms with Crippen molar-refractivity contribution in [3.05, 3.63) is 93.8 Å². The van der Waals surface area contributed by atoms with Gasteiger partial charge < -0.3 is 15.1 Å². The fourth-order valence-electron chi connectivity index (χ4n) is 5.11. The summed E-state index contributed by atoms with van der Waals surface area (Å²) in [6.45, 7) is 2.25. The van der Waals surface area contributed by atoms with E-state index in [2.05, 4.69) is 26.2 Å². The molecule has 2 aliphatic rings. The molecular formula is C26H24N6O3. The quantitative estimate of drug-likeness (QED) is 0.452. The fraction of sp³-hybridized carbons (Fsp3) is 0.269. The number of anilines is 2. The Balaban J connectivity index is 1.46. The van der Waals surface area contributed by atoms with E-state index in [-0.39, 0.29) is 17.6 Å². The van der Waals surface area contributed by atoms with Gasteiger partial charge in [0.2, 0.25) is 5.91 Å². The third-order valence-corrected chi connectivity index (χ3v) is 6.80. The molecule has 176 valence electrons. The monoisotopic (exact) mass is 468 g/mol. The van der Waals surface area contributed by atoms with Crippen molar-refractivity contribution in [2.45, 2.75) is 19.0 Å². The normalized spacial score (nSPS) is 18.7. The maximum absolute atomic E-state index is 13.5. The lowest BCUT2D eigenvalue weighted by atomic mass is 9.83. The molecule has 3 aromatic rings. The molecule has 35 heavy (non-hydrogen) atoms. The summed E-state index contributed by atoms with van der Waals surface area (Å²) >= 11 is 0. The molecule has 0 spiro atoms. The highest BCUT2D eigenvalue weighted by atomic mass is 16.6. The summed E-state index contributed by atoms with van der Waals surface area (Å²) in [5.74, 6) is -0.505. The van der Waals surface area contributed by atoms with Gasteiger partial charge >= 0.3 is 0 Å². The zero-order valence-corrected chi connectivity index (χ0v) is 19.0. The van der Waals surface area contributed by atoms with Crippen molar-refractivity contribution in [2.24, 2.45) is 5.92 Å². The topological polar surface area (TPSA) is 115 Å². The highest BCUT2D eigenvalue weighted by Gasteiger charge is 2.42. The first-order valence-electron chi connectivity index (χ1n) is 11.5. The second kappa shape index (κ2) is 9.43. The summed E-state index contributed by atoms with van der Waals surface area (Å²) in [6.07, 6.45) is 3.81. The molecule has 2 aromatic carbocycles. The number of nitrogens with one attached hydrogen (secondary N) is 1. The number of amides is 1. The van der Waals surface area contributed by atoms with Crippen LogP contribution in [0.2, 0.25) is 0 Å². The molecule has 3 heterocycles. The van der Waals surface area contributed by atoms with Gasteiger partial charge in [0.05, 0.1) is 28.1 Å². The zero-order chi connectivity index (χ0) is 24.4. The van der Waals surface area contributed by atoms with E-state index in [1.165, 1.54) is 6.07 Å². The molecule has 2 aliphatic heterocycles. The van der Waals surface area contributed by atoms with E-state index in [1.807, 2.05) is 30.3 Å². The Morgan fingerprint density at radius 1 is 1.17 bits per heavy atom. The molecule has 1 saturated heterocycles. The Morgan fingerprint density at radius 2 is 2.03 bits per heavy atom. The van der Waals surface area contributed by atoms with Crippen molar-refractivity contribution in [2.75, 3.05) is 29.4 Å². The van der Waals surface area contributed by atoms with Crippen LogP contribution in [0.3, 0.4) is 0 Å². The van der Waals surface area contributed by atoms with Crippen LogP contribution < -0.4 is 15.1 Å².